The molecule has 0 aliphatic heterocycles. The molecule has 8 nitrogen and oxygen atoms in total. The molecule has 216 valence electrons. The molecule has 0 N–H and O–H groups in total. The number of carbonyl (C=O) groups excluding carboxylic acids is 1. The minimum atomic E-state index is 0.0716. The van der Waals surface area contributed by atoms with E-state index in [1.54, 1.807) is 10.9 Å². The van der Waals surface area contributed by atoms with Crippen LogP contribution in [0.3, 0.4) is 0 Å². The number of oxazole rings is 1. The summed E-state index contributed by atoms with van der Waals surface area (Å²) in [6.07, 6.45) is 2.39. The molecular weight excluding hydrogens is 554 g/mol. The lowest BCUT2D eigenvalue weighted by molar-refractivity contribution is 0.111. The van der Waals surface area contributed by atoms with Crippen molar-refractivity contribution in [1.82, 2.24) is 14.8 Å². The molecule has 0 spiro atoms. The summed E-state index contributed by atoms with van der Waals surface area (Å²) < 4.78 is 26.1. The maximum Gasteiger partial charge on any atom is 0.244 e. The molecule has 0 aliphatic rings. The number of para-hydroxylation sites is 1. The van der Waals surface area contributed by atoms with Crippen LogP contribution in [-0.4, -0.2) is 21.1 Å². The molecule has 8 heteroatoms. The van der Waals surface area contributed by atoms with Crippen LogP contribution in [0.25, 0.3) is 39.2 Å². The standard InChI is InChI=1S/C36H27N3O5/c1-24-31(37-35(43-24)26-13-7-3-8-14-26)22-41-29-17-18-30-32(19-29)44-33(34(30)25-11-5-2-6-12-25)23-42-36-27(21-40)20-39(38-36)28-15-9-4-10-16-28/h2-21H,22-23H2,1H3. The second kappa shape index (κ2) is 11.8. The summed E-state index contributed by atoms with van der Waals surface area (Å²) in [6, 6.07) is 35.0. The highest BCUT2D eigenvalue weighted by Crippen LogP contribution is 2.37. The molecule has 3 heterocycles. The Morgan fingerprint density at radius 2 is 1.50 bits per heavy atom. The number of carbonyl (C=O) groups is 1. The van der Waals surface area contributed by atoms with E-state index in [1.807, 2.05) is 116 Å². The Morgan fingerprint density at radius 1 is 0.795 bits per heavy atom. The summed E-state index contributed by atoms with van der Waals surface area (Å²) in [5.41, 5.74) is 5.34. The molecule has 0 fully saturated rings. The lowest BCUT2D eigenvalue weighted by atomic mass is 10.0. The number of hydrogen-bond donors (Lipinski definition) is 0. The maximum absolute atomic E-state index is 11.8. The topological polar surface area (TPSA) is 92.5 Å². The van der Waals surface area contributed by atoms with E-state index in [0.717, 1.165) is 39.7 Å². The van der Waals surface area contributed by atoms with E-state index >= 15 is 0 Å². The smallest absolute Gasteiger partial charge is 0.244 e. The molecule has 0 radical (unpaired) electrons. The van der Waals surface area contributed by atoms with Gasteiger partial charge < -0.3 is 18.3 Å². The number of hydrogen-bond acceptors (Lipinski definition) is 7. The van der Waals surface area contributed by atoms with Gasteiger partial charge in [0, 0.05) is 28.8 Å². The Balaban J connectivity index is 1.16. The molecule has 4 aromatic carbocycles. The second-order valence-corrected chi connectivity index (χ2v) is 10.2. The van der Waals surface area contributed by atoms with E-state index in [1.165, 1.54) is 0 Å². The minimum absolute atomic E-state index is 0.0716. The third-order valence-corrected chi connectivity index (χ3v) is 7.28. The Kier molecular flexibility index (Phi) is 7.22. The van der Waals surface area contributed by atoms with Crippen LogP contribution < -0.4 is 9.47 Å². The van der Waals surface area contributed by atoms with Crippen molar-refractivity contribution in [2.45, 2.75) is 20.1 Å². The van der Waals surface area contributed by atoms with Crippen LogP contribution >= 0.6 is 0 Å². The number of aryl methyl sites for hydroxylation is 1. The SMILES string of the molecule is Cc1oc(-c2ccccc2)nc1COc1ccc2c(-c3ccccc3)c(COc3nn(-c4ccccc4)cc3C=O)oc2c1. The molecule has 0 amide bonds. The van der Waals surface area contributed by atoms with E-state index in [4.69, 9.17) is 18.3 Å². The molecule has 0 bridgehead atoms. The van der Waals surface area contributed by atoms with Crippen LogP contribution in [0, 0.1) is 6.92 Å². The Morgan fingerprint density at radius 3 is 2.23 bits per heavy atom. The first kappa shape index (κ1) is 27.0. The van der Waals surface area contributed by atoms with Gasteiger partial charge in [-0.05, 0) is 48.9 Å². The Labute approximate surface area is 253 Å². The first-order chi connectivity index (χ1) is 21.7. The number of fused-ring (bicyclic) bond motifs is 1. The van der Waals surface area contributed by atoms with Gasteiger partial charge in [0.1, 0.15) is 36.0 Å². The monoisotopic (exact) mass is 581 g/mol. The van der Waals surface area contributed by atoms with Gasteiger partial charge in [0.15, 0.2) is 12.0 Å². The van der Waals surface area contributed by atoms with Crippen molar-refractivity contribution < 1.29 is 23.1 Å². The molecule has 44 heavy (non-hydrogen) atoms. The zero-order valence-corrected chi connectivity index (χ0v) is 23.8. The van der Waals surface area contributed by atoms with Crippen molar-refractivity contribution in [2.75, 3.05) is 0 Å². The first-order valence-electron chi connectivity index (χ1n) is 14.1. The van der Waals surface area contributed by atoms with Gasteiger partial charge in [-0.1, -0.05) is 66.7 Å². The van der Waals surface area contributed by atoms with E-state index < -0.39 is 0 Å². The van der Waals surface area contributed by atoms with Crippen molar-refractivity contribution >= 4 is 17.3 Å². The van der Waals surface area contributed by atoms with E-state index in [9.17, 15) is 4.79 Å². The minimum Gasteiger partial charge on any atom is -0.487 e. The molecule has 7 aromatic rings. The lowest BCUT2D eigenvalue weighted by Gasteiger charge is -2.06. The number of ether oxygens (including phenoxy) is 2. The van der Waals surface area contributed by atoms with Gasteiger partial charge in [0.25, 0.3) is 0 Å². The summed E-state index contributed by atoms with van der Waals surface area (Å²) in [6.45, 7) is 2.20. The normalized spacial score (nSPS) is 11.1. The number of furan rings is 1. The van der Waals surface area contributed by atoms with Crippen LogP contribution in [0.2, 0.25) is 0 Å². The van der Waals surface area contributed by atoms with E-state index in [0.29, 0.717) is 34.3 Å². The number of nitrogens with zero attached hydrogens (tertiary/aromatic N) is 3. The summed E-state index contributed by atoms with van der Waals surface area (Å²) in [7, 11) is 0. The fraction of sp³-hybridized carbons (Fsp3) is 0.0833. The van der Waals surface area contributed by atoms with Crippen LogP contribution in [0.4, 0.5) is 0 Å². The summed E-state index contributed by atoms with van der Waals surface area (Å²) >= 11 is 0. The van der Waals surface area contributed by atoms with Crippen LogP contribution in [0.1, 0.15) is 27.6 Å². The average Bonchev–Trinajstić information content (AvgIpc) is 3.78. The number of rotatable bonds is 10. The molecule has 7 rings (SSSR count). The van der Waals surface area contributed by atoms with Crippen molar-refractivity contribution in [2.24, 2.45) is 0 Å². The van der Waals surface area contributed by atoms with Gasteiger partial charge >= 0.3 is 0 Å². The largest absolute Gasteiger partial charge is 0.487 e. The molecular formula is C36H27N3O5. The lowest BCUT2D eigenvalue weighted by Crippen LogP contribution is -1.99. The van der Waals surface area contributed by atoms with Gasteiger partial charge in [-0.2, -0.15) is 0 Å². The fourth-order valence-electron chi connectivity index (χ4n) is 5.07. The van der Waals surface area contributed by atoms with Crippen molar-refractivity contribution in [3.63, 3.8) is 0 Å². The number of benzene rings is 4. The van der Waals surface area contributed by atoms with Gasteiger partial charge in [0.2, 0.25) is 11.8 Å². The summed E-state index contributed by atoms with van der Waals surface area (Å²) in [5, 5.41) is 5.42. The zero-order chi connectivity index (χ0) is 29.9. The molecule has 0 atom stereocenters. The Bertz CT molecular complexity index is 2040. The van der Waals surface area contributed by atoms with Crippen LogP contribution in [-0.2, 0) is 13.2 Å². The second-order valence-electron chi connectivity index (χ2n) is 10.2. The van der Waals surface area contributed by atoms with Gasteiger partial charge in [-0.3, -0.25) is 4.79 Å². The number of aldehydes is 1. The molecule has 0 aliphatic carbocycles. The van der Waals surface area contributed by atoms with Gasteiger partial charge in [-0.15, -0.1) is 5.10 Å². The fourth-order valence-corrected chi connectivity index (χ4v) is 5.07. The molecule has 3 aromatic heterocycles. The van der Waals surface area contributed by atoms with Crippen molar-refractivity contribution in [1.29, 1.82) is 0 Å². The first-order valence-corrected chi connectivity index (χ1v) is 14.1. The quantitative estimate of drug-likeness (QED) is 0.150. The molecule has 0 saturated carbocycles. The van der Waals surface area contributed by atoms with Crippen LogP contribution in [0.15, 0.2) is 124 Å². The highest BCUT2D eigenvalue weighted by atomic mass is 16.5. The summed E-state index contributed by atoms with van der Waals surface area (Å²) in [5.74, 6) is 2.73. The van der Waals surface area contributed by atoms with Gasteiger partial charge in [0.05, 0.1) is 11.3 Å². The predicted molar refractivity (Wildman–Crippen MR) is 166 cm³/mol. The van der Waals surface area contributed by atoms with Gasteiger partial charge in [-0.25, -0.2) is 9.67 Å². The molecule has 0 saturated heterocycles. The molecule has 0 unspecified atom stereocenters. The van der Waals surface area contributed by atoms with E-state index in [2.05, 4.69) is 10.1 Å². The third kappa shape index (κ3) is 5.36. The number of aromatic nitrogens is 3. The third-order valence-electron chi connectivity index (χ3n) is 7.28. The van der Waals surface area contributed by atoms with E-state index in [-0.39, 0.29) is 19.1 Å². The highest BCUT2D eigenvalue weighted by Gasteiger charge is 2.20. The van der Waals surface area contributed by atoms with Crippen molar-refractivity contribution in [3.05, 3.63) is 138 Å². The van der Waals surface area contributed by atoms with Crippen LogP contribution in [0.5, 0.6) is 11.6 Å². The Hall–Kier alpha value is -5.89. The summed E-state index contributed by atoms with van der Waals surface area (Å²) in [4.78, 5) is 16.5. The van der Waals surface area contributed by atoms with Crippen molar-refractivity contribution in [3.8, 4) is 39.9 Å². The zero-order valence-electron chi connectivity index (χ0n) is 23.8. The average molecular weight is 582 g/mol. The predicted octanol–water partition coefficient (Wildman–Crippen LogP) is 8.22. The highest BCUT2D eigenvalue weighted by molar-refractivity contribution is 5.96. The maximum atomic E-state index is 11.8.